The summed E-state index contributed by atoms with van der Waals surface area (Å²) in [6, 6.07) is 3.69. The summed E-state index contributed by atoms with van der Waals surface area (Å²) in [6.07, 6.45) is 5.33. The highest BCUT2D eigenvalue weighted by molar-refractivity contribution is 7.98. The minimum Gasteiger partial charge on any atom is -0.382 e. The number of nitrogens with zero attached hydrogens (tertiary/aromatic N) is 3. The van der Waals surface area contributed by atoms with Crippen molar-refractivity contribution in [1.82, 2.24) is 19.6 Å². The summed E-state index contributed by atoms with van der Waals surface area (Å²) >= 11 is 7.66. The van der Waals surface area contributed by atoms with Gasteiger partial charge in [-0.05, 0) is 25.3 Å². The number of nitrogen functional groups attached to an aromatic ring is 1. The number of H-pyrrole nitrogens is 1. The van der Waals surface area contributed by atoms with E-state index in [1.165, 1.54) is 11.8 Å². The summed E-state index contributed by atoms with van der Waals surface area (Å²) < 4.78 is 16.6. The topological polar surface area (TPSA) is 72.0 Å². The van der Waals surface area contributed by atoms with Gasteiger partial charge in [0, 0.05) is 22.7 Å². The first kappa shape index (κ1) is 15.3. The number of imidazole rings is 1. The smallest absolute Gasteiger partial charge is 0.158 e. The highest BCUT2D eigenvalue weighted by Gasteiger charge is 2.21. The summed E-state index contributed by atoms with van der Waals surface area (Å²) in [7, 11) is 0. The number of hydrogen-bond acceptors (Lipinski definition) is 4. The minimum atomic E-state index is -0.446. The lowest BCUT2D eigenvalue weighted by Gasteiger charge is -2.11. The van der Waals surface area contributed by atoms with Crippen molar-refractivity contribution < 1.29 is 4.39 Å². The second kappa shape index (κ2) is 5.39. The third kappa shape index (κ3) is 2.01. The molecule has 0 aliphatic rings. The molecule has 3 heterocycles. The van der Waals surface area contributed by atoms with Gasteiger partial charge in [-0.1, -0.05) is 11.6 Å². The predicted octanol–water partition coefficient (Wildman–Crippen LogP) is 4.28. The van der Waals surface area contributed by atoms with Crippen molar-refractivity contribution >= 4 is 45.7 Å². The molecular weight excluding hydrogens is 349 g/mol. The number of aryl methyl sites for hydroxylation is 1. The van der Waals surface area contributed by atoms with Crippen LogP contribution in [-0.4, -0.2) is 25.8 Å². The first-order valence-electron chi connectivity index (χ1n) is 7.15. The molecule has 5 nitrogen and oxygen atoms in total. The molecule has 24 heavy (non-hydrogen) atoms. The van der Waals surface area contributed by atoms with Crippen LogP contribution < -0.4 is 5.73 Å². The Morgan fingerprint density at radius 1 is 1.38 bits per heavy atom. The number of fused-ring (bicyclic) bond motifs is 2. The van der Waals surface area contributed by atoms with Gasteiger partial charge >= 0.3 is 0 Å². The van der Waals surface area contributed by atoms with Crippen molar-refractivity contribution in [3.8, 4) is 11.1 Å². The average molecular weight is 362 g/mol. The Bertz CT molecular complexity index is 1100. The minimum absolute atomic E-state index is 0.0818. The molecule has 4 aromatic rings. The molecule has 122 valence electrons. The number of halogens is 2. The molecule has 0 unspecified atom stereocenters. The van der Waals surface area contributed by atoms with Crippen molar-refractivity contribution in [2.24, 2.45) is 0 Å². The predicted molar refractivity (Wildman–Crippen MR) is 96.2 cm³/mol. The van der Waals surface area contributed by atoms with E-state index in [1.54, 1.807) is 12.5 Å². The third-order valence-corrected chi connectivity index (χ3v) is 5.28. The summed E-state index contributed by atoms with van der Waals surface area (Å²) in [6.45, 7) is 1.88. The fraction of sp³-hybridized carbons (Fsp3) is 0.125. The Morgan fingerprint density at radius 2 is 2.17 bits per heavy atom. The lowest BCUT2D eigenvalue weighted by atomic mass is 10.0. The van der Waals surface area contributed by atoms with E-state index in [0.717, 1.165) is 22.3 Å². The van der Waals surface area contributed by atoms with Gasteiger partial charge in [0.2, 0.25) is 0 Å². The van der Waals surface area contributed by atoms with Crippen molar-refractivity contribution in [1.29, 1.82) is 0 Å². The van der Waals surface area contributed by atoms with Crippen molar-refractivity contribution in [3.63, 3.8) is 0 Å². The van der Waals surface area contributed by atoms with E-state index in [9.17, 15) is 4.39 Å². The van der Waals surface area contributed by atoms with Gasteiger partial charge in [-0.15, -0.1) is 11.8 Å². The number of rotatable bonds is 2. The summed E-state index contributed by atoms with van der Waals surface area (Å²) in [5.74, 6) is 0.0218. The Balaban J connectivity index is 2.08. The van der Waals surface area contributed by atoms with Gasteiger partial charge in [-0.3, -0.25) is 5.10 Å². The van der Waals surface area contributed by atoms with Crippen LogP contribution in [0.5, 0.6) is 0 Å². The fourth-order valence-electron chi connectivity index (χ4n) is 2.89. The molecule has 4 rings (SSSR count). The van der Waals surface area contributed by atoms with E-state index in [2.05, 4.69) is 15.2 Å². The van der Waals surface area contributed by atoms with Crippen LogP contribution in [-0.2, 0) is 0 Å². The second-order valence-electron chi connectivity index (χ2n) is 5.42. The molecule has 0 atom stereocenters. The number of hydrogen-bond donors (Lipinski definition) is 2. The van der Waals surface area contributed by atoms with Crippen molar-refractivity contribution in [3.05, 3.63) is 41.1 Å². The van der Waals surface area contributed by atoms with Crippen molar-refractivity contribution in [2.75, 3.05) is 12.0 Å². The maximum Gasteiger partial charge on any atom is 0.158 e. The van der Waals surface area contributed by atoms with Crippen LogP contribution in [0.15, 0.2) is 29.4 Å². The monoisotopic (exact) mass is 361 g/mol. The molecule has 3 N–H and O–H groups in total. The highest BCUT2D eigenvalue weighted by atomic mass is 35.5. The van der Waals surface area contributed by atoms with Crippen LogP contribution in [0.2, 0.25) is 5.02 Å². The number of benzene rings is 1. The van der Waals surface area contributed by atoms with Crippen LogP contribution >= 0.6 is 23.4 Å². The molecule has 1 aromatic carbocycles. The molecule has 0 spiro atoms. The van der Waals surface area contributed by atoms with E-state index in [-0.39, 0.29) is 5.02 Å². The fourth-order valence-corrected chi connectivity index (χ4v) is 3.89. The quantitative estimate of drug-likeness (QED) is 0.523. The molecule has 0 aliphatic carbocycles. The summed E-state index contributed by atoms with van der Waals surface area (Å²) in [4.78, 5) is 4.74. The number of aromatic amines is 1. The number of pyridine rings is 1. The van der Waals surface area contributed by atoms with Crippen LogP contribution in [0.4, 0.5) is 10.2 Å². The van der Waals surface area contributed by atoms with Crippen LogP contribution in [0.1, 0.15) is 5.69 Å². The molecule has 8 heteroatoms. The maximum absolute atomic E-state index is 14.7. The van der Waals surface area contributed by atoms with Crippen LogP contribution in [0.25, 0.3) is 27.7 Å². The lowest BCUT2D eigenvalue weighted by molar-refractivity contribution is 0.606. The zero-order valence-corrected chi connectivity index (χ0v) is 14.5. The second-order valence-corrected chi connectivity index (χ2v) is 6.62. The first-order chi connectivity index (χ1) is 11.5. The first-order valence-corrected chi connectivity index (χ1v) is 8.75. The van der Waals surface area contributed by atoms with Gasteiger partial charge in [-0.2, -0.15) is 5.10 Å². The zero-order valence-electron chi connectivity index (χ0n) is 12.9. The molecular formula is C16H13ClFN5S. The van der Waals surface area contributed by atoms with Gasteiger partial charge in [0.1, 0.15) is 11.5 Å². The molecule has 0 saturated carbocycles. The SMILES string of the molecule is CSc1c(F)c(Cl)c(-c2ccc3nc(N)c(C)n3c2)c2cn[nH]c12. The Kier molecular flexibility index (Phi) is 3.43. The van der Waals surface area contributed by atoms with E-state index in [0.29, 0.717) is 21.8 Å². The number of nitrogens with one attached hydrogen (secondary N) is 1. The Labute approximate surface area is 146 Å². The molecule has 0 fully saturated rings. The number of anilines is 1. The highest BCUT2D eigenvalue weighted by Crippen LogP contribution is 2.41. The third-order valence-electron chi connectivity index (χ3n) is 4.13. The Hall–Kier alpha value is -2.25. The normalized spacial score (nSPS) is 11.7. The van der Waals surface area contributed by atoms with Crippen LogP contribution in [0.3, 0.4) is 0 Å². The lowest BCUT2D eigenvalue weighted by Crippen LogP contribution is -1.94. The van der Waals surface area contributed by atoms with Gasteiger partial charge in [0.25, 0.3) is 0 Å². The number of thioether (sulfide) groups is 1. The van der Waals surface area contributed by atoms with E-state index in [4.69, 9.17) is 17.3 Å². The van der Waals surface area contributed by atoms with Crippen molar-refractivity contribution in [2.45, 2.75) is 11.8 Å². The van der Waals surface area contributed by atoms with E-state index in [1.807, 2.05) is 29.7 Å². The standard InChI is InChI=1S/C16H13ClFN5S/c1-7-16(19)21-10-4-3-8(6-23(7)10)11-9-5-20-22-14(9)15(24-2)13(18)12(11)17/h3-6H,19H2,1-2H3,(H,20,22). The van der Waals surface area contributed by atoms with Gasteiger partial charge in [-0.25, -0.2) is 9.37 Å². The van der Waals surface area contributed by atoms with Gasteiger partial charge in [0.15, 0.2) is 5.82 Å². The molecule has 0 aliphatic heterocycles. The molecule has 0 amide bonds. The Morgan fingerprint density at radius 3 is 2.92 bits per heavy atom. The molecule has 3 aromatic heterocycles. The zero-order chi connectivity index (χ0) is 17.0. The van der Waals surface area contributed by atoms with Crippen LogP contribution in [0, 0.1) is 12.7 Å². The average Bonchev–Trinajstić information content (AvgIpc) is 3.15. The largest absolute Gasteiger partial charge is 0.382 e. The molecule has 0 saturated heterocycles. The van der Waals surface area contributed by atoms with E-state index < -0.39 is 5.82 Å². The van der Waals surface area contributed by atoms with Gasteiger partial charge in [0.05, 0.1) is 27.3 Å². The number of nitrogens with two attached hydrogens (primary N) is 1. The summed E-state index contributed by atoms with van der Waals surface area (Å²) in [5.41, 5.74) is 9.44. The molecule has 0 bridgehead atoms. The molecule has 0 radical (unpaired) electrons. The van der Waals surface area contributed by atoms with Gasteiger partial charge < -0.3 is 10.1 Å². The summed E-state index contributed by atoms with van der Waals surface area (Å²) in [5, 5.41) is 7.78. The maximum atomic E-state index is 14.7. The number of aromatic nitrogens is 4. The van der Waals surface area contributed by atoms with E-state index >= 15 is 0 Å².